The minimum Gasteiger partial charge on any atom is -0.368 e. The summed E-state index contributed by atoms with van der Waals surface area (Å²) in [6.45, 7) is 6.21. The molecule has 176 valence electrons. The molecule has 3 aromatic rings. The second-order valence-corrected chi connectivity index (χ2v) is 8.32. The number of rotatable bonds is 8. The number of piperazine rings is 1. The second kappa shape index (κ2) is 10.4. The summed E-state index contributed by atoms with van der Waals surface area (Å²) in [7, 11) is 2.14. The van der Waals surface area contributed by atoms with E-state index in [2.05, 4.69) is 37.4 Å². The average molecular weight is 459 g/mol. The van der Waals surface area contributed by atoms with Crippen LogP contribution in [0.15, 0.2) is 48.5 Å². The molecule has 2 aromatic carbocycles. The lowest BCUT2D eigenvalue weighted by Crippen LogP contribution is -2.45. The van der Waals surface area contributed by atoms with Gasteiger partial charge in [0.05, 0.1) is 11.1 Å². The minimum atomic E-state index is -4.36. The molecule has 9 heteroatoms. The van der Waals surface area contributed by atoms with Crippen molar-refractivity contribution >= 4 is 22.7 Å². The summed E-state index contributed by atoms with van der Waals surface area (Å²) in [4.78, 5) is 13.9. The van der Waals surface area contributed by atoms with Crippen LogP contribution in [0.25, 0.3) is 10.9 Å². The van der Waals surface area contributed by atoms with Gasteiger partial charge in [-0.2, -0.15) is 18.2 Å². The summed E-state index contributed by atoms with van der Waals surface area (Å²) >= 11 is 0. The Morgan fingerprint density at radius 3 is 2.39 bits per heavy atom. The molecule has 33 heavy (non-hydrogen) atoms. The Balaban J connectivity index is 1.41. The quantitative estimate of drug-likeness (QED) is 0.533. The van der Waals surface area contributed by atoms with Gasteiger partial charge in [0.25, 0.3) is 0 Å². The van der Waals surface area contributed by atoms with E-state index in [1.807, 2.05) is 24.3 Å². The fraction of sp³-hybridized carbons (Fsp3) is 0.417. The molecule has 6 nitrogen and oxygen atoms in total. The van der Waals surface area contributed by atoms with E-state index in [1.54, 1.807) is 6.07 Å². The smallest absolute Gasteiger partial charge is 0.368 e. The first kappa shape index (κ1) is 23.3. The van der Waals surface area contributed by atoms with Crippen LogP contribution in [0.4, 0.5) is 24.9 Å². The molecule has 0 spiro atoms. The Labute approximate surface area is 191 Å². The number of likely N-dealkylation sites (N-methyl/N-ethyl adjacent to an activating group) is 1. The largest absolute Gasteiger partial charge is 0.416 e. The van der Waals surface area contributed by atoms with Gasteiger partial charge in [-0.25, -0.2) is 4.98 Å². The normalized spacial score (nSPS) is 15.6. The molecule has 1 aliphatic rings. The van der Waals surface area contributed by atoms with Crippen LogP contribution in [-0.2, 0) is 12.6 Å². The van der Waals surface area contributed by atoms with Gasteiger partial charge in [-0.05, 0) is 37.2 Å². The highest BCUT2D eigenvalue weighted by atomic mass is 19.4. The number of fused-ring (bicyclic) bond motifs is 1. The first-order valence-electron chi connectivity index (χ1n) is 11.2. The van der Waals surface area contributed by atoms with Crippen molar-refractivity contribution in [1.29, 1.82) is 0 Å². The van der Waals surface area contributed by atoms with Crippen LogP contribution in [-0.4, -0.2) is 72.6 Å². The molecule has 0 aliphatic carbocycles. The van der Waals surface area contributed by atoms with Gasteiger partial charge >= 0.3 is 6.18 Å². The van der Waals surface area contributed by atoms with E-state index in [4.69, 9.17) is 0 Å². The standard InChI is InChI=1S/C24H29F3N6/c1-32-14-16-33(17-15-32)13-12-28-22-19-7-3-5-9-21(19)30-23(31-22)29-11-10-18-6-2-4-8-20(18)24(25,26)27/h2-9H,10-17H2,1H3,(H2,28,29,30,31). The van der Waals surface area contributed by atoms with Crippen LogP contribution in [0.2, 0.25) is 0 Å². The number of hydrogen-bond donors (Lipinski definition) is 2. The van der Waals surface area contributed by atoms with Gasteiger partial charge in [0, 0.05) is 51.2 Å². The van der Waals surface area contributed by atoms with Gasteiger partial charge in [-0.1, -0.05) is 30.3 Å². The van der Waals surface area contributed by atoms with Crippen LogP contribution in [0.1, 0.15) is 11.1 Å². The molecular weight excluding hydrogens is 429 g/mol. The summed E-state index contributed by atoms with van der Waals surface area (Å²) in [5.41, 5.74) is 0.439. The Bertz CT molecular complexity index is 1060. The van der Waals surface area contributed by atoms with Crippen molar-refractivity contribution in [2.24, 2.45) is 0 Å². The first-order chi connectivity index (χ1) is 15.9. The number of hydrogen-bond acceptors (Lipinski definition) is 6. The summed E-state index contributed by atoms with van der Waals surface area (Å²) < 4.78 is 39.7. The number of nitrogens with zero attached hydrogens (tertiary/aromatic N) is 4. The molecule has 1 aromatic heterocycles. The topological polar surface area (TPSA) is 56.3 Å². The number of nitrogens with one attached hydrogen (secondary N) is 2. The third-order valence-corrected chi connectivity index (χ3v) is 5.92. The lowest BCUT2D eigenvalue weighted by Gasteiger charge is -2.32. The molecule has 0 saturated carbocycles. The van der Waals surface area contributed by atoms with Gasteiger partial charge in [0.1, 0.15) is 5.82 Å². The third kappa shape index (κ3) is 6.11. The first-order valence-corrected chi connectivity index (χ1v) is 11.2. The van der Waals surface area contributed by atoms with E-state index >= 15 is 0 Å². The lowest BCUT2D eigenvalue weighted by molar-refractivity contribution is -0.138. The van der Waals surface area contributed by atoms with Crippen LogP contribution >= 0.6 is 0 Å². The molecule has 0 atom stereocenters. The van der Waals surface area contributed by atoms with E-state index in [0.717, 1.165) is 62.1 Å². The van der Waals surface area contributed by atoms with Gasteiger partial charge < -0.3 is 15.5 Å². The molecule has 2 N–H and O–H groups in total. The number of anilines is 2. The van der Waals surface area contributed by atoms with Gasteiger partial charge in [-0.3, -0.25) is 4.90 Å². The fourth-order valence-electron chi connectivity index (χ4n) is 4.02. The van der Waals surface area contributed by atoms with E-state index in [9.17, 15) is 13.2 Å². The zero-order chi connectivity index (χ0) is 23.3. The Kier molecular flexibility index (Phi) is 7.29. The number of aromatic nitrogens is 2. The van der Waals surface area contributed by atoms with E-state index in [0.29, 0.717) is 12.5 Å². The summed E-state index contributed by atoms with van der Waals surface area (Å²) in [6, 6.07) is 13.4. The lowest BCUT2D eigenvalue weighted by atomic mass is 10.0. The maximum absolute atomic E-state index is 13.2. The van der Waals surface area contributed by atoms with Crippen molar-refractivity contribution in [3.05, 3.63) is 59.7 Å². The Hall–Kier alpha value is -2.91. The molecule has 1 aliphatic heterocycles. The molecule has 4 rings (SSSR count). The minimum absolute atomic E-state index is 0.220. The van der Waals surface area contributed by atoms with Crippen molar-refractivity contribution in [2.75, 3.05) is 63.5 Å². The summed E-state index contributed by atoms with van der Waals surface area (Å²) in [5, 5.41) is 7.45. The van der Waals surface area contributed by atoms with E-state index in [1.165, 1.54) is 12.1 Å². The Morgan fingerprint density at radius 1 is 0.879 bits per heavy atom. The Morgan fingerprint density at radius 2 is 1.61 bits per heavy atom. The van der Waals surface area contributed by atoms with Gasteiger partial charge in [-0.15, -0.1) is 0 Å². The highest BCUT2D eigenvalue weighted by molar-refractivity contribution is 5.90. The van der Waals surface area contributed by atoms with Crippen LogP contribution in [0.3, 0.4) is 0 Å². The SMILES string of the molecule is CN1CCN(CCNc2nc(NCCc3ccccc3C(F)(F)F)nc3ccccc23)CC1. The molecule has 1 fully saturated rings. The summed E-state index contributed by atoms with van der Waals surface area (Å²) in [6.07, 6.45) is -4.14. The predicted molar refractivity (Wildman–Crippen MR) is 126 cm³/mol. The monoisotopic (exact) mass is 458 g/mol. The van der Waals surface area contributed by atoms with Crippen LogP contribution in [0.5, 0.6) is 0 Å². The van der Waals surface area contributed by atoms with Crippen molar-refractivity contribution in [2.45, 2.75) is 12.6 Å². The highest BCUT2D eigenvalue weighted by Gasteiger charge is 2.32. The fourth-order valence-corrected chi connectivity index (χ4v) is 4.02. The number of halogens is 3. The second-order valence-electron chi connectivity index (χ2n) is 8.32. The van der Waals surface area contributed by atoms with Crippen molar-refractivity contribution in [3.8, 4) is 0 Å². The van der Waals surface area contributed by atoms with Crippen molar-refractivity contribution < 1.29 is 13.2 Å². The molecule has 0 bridgehead atoms. The number of para-hydroxylation sites is 1. The maximum Gasteiger partial charge on any atom is 0.416 e. The molecule has 2 heterocycles. The van der Waals surface area contributed by atoms with Crippen molar-refractivity contribution in [1.82, 2.24) is 19.8 Å². The van der Waals surface area contributed by atoms with Crippen LogP contribution < -0.4 is 10.6 Å². The van der Waals surface area contributed by atoms with Gasteiger partial charge in [0.15, 0.2) is 0 Å². The van der Waals surface area contributed by atoms with E-state index < -0.39 is 11.7 Å². The molecule has 0 radical (unpaired) electrons. The molecule has 1 saturated heterocycles. The summed E-state index contributed by atoms with van der Waals surface area (Å²) in [5.74, 6) is 1.13. The third-order valence-electron chi connectivity index (χ3n) is 5.92. The zero-order valence-electron chi connectivity index (χ0n) is 18.7. The average Bonchev–Trinajstić information content (AvgIpc) is 2.80. The van der Waals surface area contributed by atoms with Gasteiger partial charge in [0.2, 0.25) is 5.95 Å². The number of alkyl halides is 3. The predicted octanol–water partition coefficient (Wildman–Crippen LogP) is 3.96. The van der Waals surface area contributed by atoms with Crippen LogP contribution in [0, 0.1) is 0 Å². The van der Waals surface area contributed by atoms with E-state index in [-0.39, 0.29) is 12.0 Å². The molecule has 0 unspecified atom stereocenters. The highest BCUT2D eigenvalue weighted by Crippen LogP contribution is 2.32. The van der Waals surface area contributed by atoms with Crippen molar-refractivity contribution in [3.63, 3.8) is 0 Å². The number of benzene rings is 2. The molecular formula is C24H29F3N6. The molecule has 0 amide bonds. The zero-order valence-corrected chi connectivity index (χ0v) is 18.7. The maximum atomic E-state index is 13.2.